The molecule has 27 heavy (non-hydrogen) atoms. The number of hydrogen-bond acceptors (Lipinski definition) is 6. The summed E-state index contributed by atoms with van der Waals surface area (Å²) in [6.07, 6.45) is -5.98. The third-order valence-corrected chi connectivity index (χ3v) is 4.79. The molecule has 13 heteroatoms. The Morgan fingerprint density at radius 3 is 2.48 bits per heavy atom. The van der Waals surface area contributed by atoms with E-state index in [9.17, 15) is 37.5 Å². The van der Waals surface area contributed by atoms with Gasteiger partial charge in [-0.25, -0.2) is 4.79 Å². The zero-order valence-corrected chi connectivity index (χ0v) is 16.3. The van der Waals surface area contributed by atoms with Crippen LogP contribution in [0.2, 0.25) is 0 Å². The number of carboxylic acids is 1. The number of amides is 3. The van der Waals surface area contributed by atoms with E-state index in [1.165, 1.54) is 7.05 Å². The van der Waals surface area contributed by atoms with Gasteiger partial charge in [0.15, 0.2) is 0 Å². The molecule has 1 unspecified atom stereocenters. The Hall–Kier alpha value is -1.79. The molecule has 0 aromatic carbocycles. The maximum atomic E-state index is 12.7. The van der Waals surface area contributed by atoms with E-state index in [4.69, 9.17) is 4.74 Å². The Morgan fingerprint density at radius 2 is 1.96 bits per heavy atom. The van der Waals surface area contributed by atoms with Crippen LogP contribution in [0.1, 0.15) is 6.42 Å². The summed E-state index contributed by atoms with van der Waals surface area (Å²) in [5, 5.41) is 13.6. The molecule has 9 nitrogen and oxygen atoms in total. The molecule has 2 fully saturated rings. The maximum Gasteiger partial charge on any atom is 1.00 e. The van der Waals surface area contributed by atoms with Crippen LogP contribution < -0.4 is 40.0 Å². The van der Waals surface area contributed by atoms with Crippen molar-refractivity contribution in [2.24, 2.45) is 5.92 Å². The van der Waals surface area contributed by atoms with Gasteiger partial charge in [0.1, 0.15) is 12.6 Å². The average molecular weight is 399 g/mol. The van der Waals surface area contributed by atoms with Gasteiger partial charge in [-0.05, 0) is 12.0 Å². The third kappa shape index (κ3) is 3.29. The number of aliphatic carboxylic acids is 1. The van der Waals surface area contributed by atoms with E-state index in [0.29, 0.717) is 4.90 Å². The maximum absolute atomic E-state index is 12.7. The predicted molar refractivity (Wildman–Crippen MR) is 72.7 cm³/mol. The zero-order chi connectivity index (χ0) is 19.4. The fraction of sp³-hybridized carbons (Fsp3) is 0.571. The van der Waals surface area contributed by atoms with Gasteiger partial charge in [0.25, 0.3) is 5.91 Å². The number of nitrogens with one attached hydrogen (secondary N) is 1. The van der Waals surface area contributed by atoms with Crippen molar-refractivity contribution in [1.29, 1.82) is 0 Å². The topological polar surface area (TPSA) is 119 Å². The normalized spacial score (nSPS) is 26.1. The van der Waals surface area contributed by atoms with E-state index in [-0.39, 0.29) is 48.1 Å². The number of rotatable bonds is 3. The van der Waals surface area contributed by atoms with Crippen LogP contribution in [0, 0.1) is 5.92 Å². The molecule has 3 atom stereocenters. The van der Waals surface area contributed by atoms with Crippen molar-refractivity contribution in [2.75, 3.05) is 20.2 Å². The van der Waals surface area contributed by atoms with Crippen molar-refractivity contribution in [3.05, 3.63) is 11.3 Å². The van der Waals surface area contributed by atoms with Crippen LogP contribution in [0.5, 0.6) is 0 Å². The number of carbonyl (C=O) groups excluding carboxylic acids is 4. The first-order chi connectivity index (χ1) is 12.1. The minimum Gasteiger partial charge on any atom is -0.543 e. The van der Waals surface area contributed by atoms with Gasteiger partial charge in [0, 0.05) is 19.5 Å². The van der Waals surface area contributed by atoms with E-state index >= 15 is 0 Å². The summed E-state index contributed by atoms with van der Waals surface area (Å²) in [7, 11) is 1.29. The number of carboxylic acid groups (broad SMARTS) is 1. The fourth-order valence-corrected chi connectivity index (χ4v) is 3.78. The van der Waals surface area contributed by atoms with Crippen LogP contribution in [0.3, 0.4) is 0 Å². The van der Waals surface area contributed by atoms with Gasteiger partial charge in [-0.2, -0.15) is 13.2 Å². The number of hydrogen-bond donors (Lipinski definition) is 1. The largest absolute Gasteiger partial charge is 1.00 e. The Balaban J connectivity index is 0.00000261. The SMILES string of the molecule is CNC(=O)OCC1=C(C(=O)[O-])N2C(=O)[C@@H]3[C@H]2C1CCN3C(=O)C(F)(F)F.[Na+]. The first kappa shape index (κ1) is 21.5. The number of ether oxygens (including phenoxy) is 1. The second-order valence-electron chi connectivity index (χ2n) is 6.02. The van der Waals surface area contributed by atoms with Crippen molar-refractivity contribution in [2.45, 2.75) is 24.7 Å². The molecule has 0 saturated carbocycles. The minimum absolute atomic E-state index is 0. The van der Waals surface area contributed by atoms with Crippen LogP contribution in [0.15, 0.2) is 11.3 Å². The van der Waals surface area contributed by atoms with Crippen molar-refractivity contribution < 1.29 is 71.8 Å². The monoisotopic (exact) mass is 399 g/mol. The first-order valence-electron chi connectivity index (χ1n) is 7.59. The number of nitrogens with zero attached hydrogens (tertiary/aromatic N) is 2. The van der Waals surface area contributed by atoms with Crippen LogP contribution in [0.4, 0.5) is 18.0 Å². The number of likely N-dealkylation sites (tertiary alicyclic amines) is 1. The average Bonchev–Trinajstić information content (AvgIpc) is 2.89. The van der Waals surface area contributed by atoms with Gasteiger partial charge in [-0.3, -0.25) is 9.59 Å². The van der Waals surface area contributed by atoms with Gasteiger partial charge in [0.05, 0.1) is 17.7 Å². The summed E-state index contributed by atoms with van der Waals surface area (Å²) < 4.78 is 43.0. The Morgan fingerprint density at radius 1 is 1.33 bits per heavy atom. The van der Waals surface area contributed by atoms with Crippen LogP contribution in [0.25, 0.3) is 0 Å². The number of alkyl halides is 3. The molecule has 0 spiro atoms. The summed E-state index contributed by atoms with van der Waals surface area (Å²) in [6, 6.07) is -2.33. The van der Waals surface area contributed by atoms with Crippen molar-refractivity contribution >= 4 is 23.9 Å². The first-order valence-corrected chi connectivity index (χ1v) is 7.59. The molecule has 3 amide bonds. The number of β-lactam (4-membered cyclic amide) rings is 1. The van der Waals surface area contributed by atoms with Crippen LogP contribution in [-0.2, 0) is 19.1 Å². The molecule has 0 aromatic heterocycles. The van der Waals surface area contributed by atoms with Crippen molar-refractivity contribution in [1.82, 2.24) is 15.1 Å². The number of alkyl carbamates (subject to hydrolysis) is 1. The molecule has 0 aliphatic carbocycles. The molecule has 3 rings (SSSR count). The number of carbonyl (C=O) groups is 4. The molecule has 2 saturated heterocycles. The second kappa shape index (κ2) is 7.32. The second-order valence-corrected chi connectivity index (χ2v) is 6.02. The van der Waals surface area contributed by atoms with E-state index in [1.54, 1.807) is 0 Å². The minimum atomic E-state index is -5.14. The standard InChI is InChI=1S/C14H14F3N3O6.Na/c1-18-13(25)26-4-6-5-2-3-19(12(24)14(15,16)17)9-7(5)20(10(9)21)8(6)11(22)23;/h5,7,9H,2-4H2,1H3,(H,18,25)(H,22,23);/q;+1/p-1/t5?,7-,9+;/m1./s1. The molecule has 142 valence electrons. The van der Waals surface area contributed by atoms with Gasteiger partial charge < -0.3 is 29.8 Å². The van der Waals surface area contributed by atoms with Gasteiger partial charge in [0.2, 0.25) is 0 Å². The molecule has 1 N–H and O–H groups in total. The molecule has 0 aromatic rings. The molecular weight excluding hydrogens is 386 g/mol. The molecule has 3 heterocycles. The van der Waals surface area contributed by atoms with Crippen molar-refractivity contribution in [3.8, 4) is 0 Å². The quantitative estimate of drug-likeness (QED) is 0.377. The zero-order valence-electron chi connectivity index (χ0n) is 14.3. The Bertz CT molecular complexity index is 740. The summed E-state index contributed by atoms with van der Waals surface area (Å²) in [4.78, 5) is 47.7. The van der Waals surface area contributed by atoms with E-state index in [1.807, 2.05) is 0 Å². The van der Waals surface area contributed by atoms with Gasteiger partial charge >= 0.3 is 47.7 Å². The summed E-state index contributed by atoms with van der Waals surface area (Å²) in [5.74, 6) is -5.40. The predicted octanol–water partition coefficient (Wildman–Crippen LogP) is -4.65. The van der Waals surface area contributed by atoms with Gasteiger partial charge in [-0.15, -0.1) is 0 Å². The Labute approximate surface area is 172 Å². The molecule has 0 radical (unpaired) electrons. The number of halogens is 3. The molecule has 3 aliphatic rings. The summed E-state index contributed by atoms with van der Waals surface area (Å²) in [6.45, 7) is -0.818. The summed E-state index contributed by atoms with van der Waals surface area (Å²) in [5.41, 5.74) is -0.417. The smallest absolute Gasteiger partial charge is 0.543 e. The van der Waals surface area contributed by atoms with Crippen LogP contribution in [-0.4, -0.2) is 72.1 Å². The number of piperidine rings is 1. The molecule has 3 aliphatic heterocycles. The Kier molecular flexibility index (Phi) is 5.83. The molecule has 0 bridgehead atoms. The van der Waals surface area contributed by atoms with E-state index in [2.05, 4.69) is 5.32 Å². The van der Waals surface area contributed by atoms with E-state index in [0.717, 1.165) is 4.90 Å². The van der Waals surface area contributed by atoms with E-state index < -0.39 is 60.4 Å². The molecular formula is C14H13F3N3NaO6. The van der Waals surface area contributed by atoms with Gasteiger partial charge in [-0.1, -0.05) is 0 Å². The summed E-state index contributed by atoms with van der Waals surface area (Å²) >= 11 is 0. The fourth-order valence-electron chi connectivity index (χ4n) is 3.78. The van der Waals surface area contributed by atoms with Crippen LogP contribution >= 0.6 is 0 Å². The van der Waals surface area contributed by atoms with Crippen molar-refractivity contribution in [3.63, 3.8) is 0 Å². The third-order valence-electron chi connectivity index (χ3n) is 4.79.